The van der Waals surface area contributed by atoms with Crippen molar-refractivity contribution in [2.45, 2.75) is 0 Å². The molecule has 0 atom stereocenters. The van der Waals surface area contributed by atoms with Gasteiger partial charge in [-0.2, -0.15) is 0 Å². The third kappa shape index (κ3) is 9.02. The fourth-order valence-corrected chi connectivity index (χ4v) is 0. The van der Waals surface area contributed by atoms with E-state index < -0.39 is 0 Å². The maximum atomic E-state index is 4.66. The Morgan fingerprint density at radius 1 is 1.50 bits per heavy atom. The Hall–Kier alpha value is 1.98. The van der Waals surface area contributed by atoms with Crippen molar-refractivity contribution in [2.75, 3.05) is 0 Å². The summed E-state index contributed by atoms with van der Waals surface area (Å²) in [6, 6.07) is 0. The maximum Gasteiger partial charge on any atom is 0.308 e. The molecule has 0 heterocycles. The van der Waals surface area contributed by atoms with Crippen LogP contribution in [0.25, 0.3) is 0 Å². The third-order valence-corrected chi connectivity index (χ3v) is 0. The molecule has 0 amide bonds. The molecule has 4 heteroatoms. The van der Waals surface area contributed by atoms with Gasteiger partial charge in [-0.15, -0.1) is 0 Å². The smallest absolute Gasteiger partial charge is 0.181 e. The summed E-state index contributed by atoms with van der Waals surface area (Å²) in [6.45, 7) is 0. The van der Waals surface area contributed by atoms with Crippen LogP contribution in [0.3, 0.4) is 0 Å². The summed E-state index contributed by atoms with van der Waals surface area (Å²) < 4.78 is -0.0970. The molecule has 0 aromatic heterocycles. The van der Waals surface area contributed by atoms with Gasteiger partial charge in [-0.05, 0) is 0 Å². The van der Waals surface area contributed by atoms with Crippen molar-refractivity contribution < 1.29 is 0 Å². The quantitative estimate of drug-likeness (QED) is 0.489. The average molecular weight is 317 g/mol. The molecule has 0 aromatic rings. The van der Waals surface area contributed by atoms with Crippen molar-refractivity contribution in [1.29, 1.82) is 0 Å². The van der Waals surface area contributed by atoms with Gasteiger partial charge in [0.05, 0.1) is 0 Å². The summed E-state index contributed by atoms with van der Waals surface area (Å²) in [5.74, 6) is 0. The van der Waals surface area contributed by atoms with Crippen LogP contribution in [0, 0.1) is 0 Å². The minimum Gasteiger partial charge on any atom is 0.181 e. The highest BCUT2D eigenvalue weighted by Crippen LogP contribution is 2.40. The summed E-state index contributed by atoms with van der Waals surface area (Å²) in [5.41, 5.74) is 0. The first-order valence-corrected chi connectivity index (χ1v) is 8.45. The minimum absolute atomic E-state index is 0.0970. The maximum absolute atomic E-state index is 4.66. The highest BCUT2D eigenvalue weighted by Gasteiger charge is 1.86. The van der Waals surface area contributed by atoms with E-state index in [9.17, 15) is 0 Å². The van der Waals surface area contributed by atoms with Crippen molar-refractivity contribution in [3.05, 3.63) is 0 Å². The molecule has 0 N–H and O–H groups in total. The third-order valence-electron chi connectivity index (χ3n) is 0. The molecular weight excluding hydrogens is 317 g/mol. The lowest BCUT2D eigenvalue weighted by Crippen LogP contribution is -0.862. The zero-order valence-corrected chi connectivity index (χ0v) is 7.64. The summed E-state index contributed by atoms with van der Waals surface area (Å²) in [7, 11) is 0. The summed E-state index contributed by atoms with van der Waals surface area (Å²) in [6.07, 6.45) is 0. The molecule has 0 unspecified atom stereocenters. The summed E-state index contributed by atoms with van der Waals surface area (Å²) in [5, 5.41) is 0. The van der Waals surface area contributed by atoms with E-state index in [1.165, 1.54) is 0 Å². The highest BCUT2D eigenvalue weighted by molar-refractivity contribution is 14.3. The van der Waals surface area contributed by atoms with E-state index in [-0.39, 0.29) is 1.98 Å². The first kappa shape index (κ1) is 5.98. The van der Waals surface area contributed by atoms with E-state index in [4.69, 9.17) is 0 Å². The molecule has 0 rings (SSSR count). The van der Waals surface area contributed by atoms with E-state index in [1.807, 2.05) is 0 Å². The van der Waals surface area contributed by atoms with Gasteiger partial charge in [0.15, 0.2) is 11.8 Å². The summed E-state index contributed by atoms with van der Waals surface area (Å²) >= 11 is 9.08. The largest absolute Gasteiger partial charge is 0.308 e. The Morgan fingerprint density at radius 2 is 1.50 bits per heavy atom. The zero-order chi connectivity index (χ0) is 3.58. The lowest BCUT2D eigenvalue weighted by Gasteiger charge is -1.31. The average Bonchev–Trinajstić information content (AvgIpc) is 0.811. The molecule has 0 aliphatic carbocycles. The van der Waals surface area contributed by atoms with E-state index in [1.54, 1.807) is 0 Å². The fraction of sp³-hybridized carbons (Fsp3) is 0. The van der Waals surface area contributed by atoms with Crippen LogP contribution in [0.5, 0.6) is 0 Å². The van der Waals surface area contributed by atoms with Crippen molar-refractivity contribution in [3.8, 4) is 0 Å². The van der Waals surface area contributed by atoms with Crippen molar-refractivity contribution in [3.63, 3.8) is 0 Å². The van der Waals surface area contributed by atoms with Gasteiger partial charge in [-0.25, -0.2) is 0 Å². The SMILES string of the molecule is S=[P+](I)I. The van der Waals surface area contributed by atoms with E-state index in [0.717, 1.165) is 0 Å². The number of hydrogen-bond acceptors (Lipinski definition) is 1. The number of hydrogen-bond donors (Lipinski definition) is 0. The van der Waals surface area contributed by atoms with Gasteiger partial charge in [-0.3, -0.25) is 0 Å². The molecular formula is I2PS+. The number of rotatable bonds is 0. The standard InChI is InChI=1S/I2PS/c1-3(2)4/q+1. The molecule has 0 aromatic carbocycles. The van der Waals surface area contributed by atoms with Gasteiger partial charge in [0, 0.05) is 0 Å². The second-order valence-corrected chi connectivity index (χ2v) is 17.0. The molecule has 0 aliphatic rings. The lowest BCUT2D eigenvalue weighted by atomic mass is 30.6. The Morgan fingerprint density at radius 3 is 1.50 bits per heavy atom. The second-order valence-electron chi connectivity index (χ2n) is 0.202. The van der Waals surface area contributed by atoms with Gasteiger partial charge in [0.25, 0.3) is 44.1 Å². The van der Waals surface area contributed by atoms with Crippen molar-refractivity contribution >= 4 is 57.9 Å². The zero-order valence-electron chi connectivity index (χ0n) is 1.61. The molecule has 0 saturated heterocycles. The van der Waals surface area contributed by atoms with Crippen LogP contribution >= 0.6 is 46.1 Å². The molecule has 24 valence electrons. The van der Waals surface area contributed by atoms with Crippen LogP contribution in [-0.2, 0) is 11.8 Å². The molecule has 0 bridgehead atoms. The first-order chi connectivity index (χ1) is 1.73. The predicted octanol–water partition coefficient (Wildman–Crippen LogP) is 2.63. The molecule has 0 fully saturated rings. The first-order valence-electron chi connectivity index (χ1n) is 0.521. The van der Waals surface area contributed by atoms with E-state index in [0.29, 0.717) is 0 Å². The second kappa shape index (κ2) is 3.18. The van der Waals surface area contributed by atoms with Gasteiger partial charge in [-0.1, -0.05) is 0 Å². The van der Waals surface area contributed by atoms with E-state index >= 15 is 0 Å². The molecule has 0 radical (unpaired) electrons. The normalized spacial score (nSPS) is 6.50. The van der Waals surface area contributed by atoms with Crippen LogP contribution < -0.4 is 0 Å². The van der Waals surface area contributed by atoms with Crippen LogP contribution in [-0.4, -0.2) is 0 Å². The molecule has 0 aliphatic heterocycles. The van der Waals surface area contributed by atoms with Crippen LogP contribution in [0.15, 0.2) is 0 Å². The highest BCUT2D eigenvalue weighted by atomic mass is 127. The summed E-state index contributed by atoms with van der Waals surface area (Å²) in [4.78, 5) is 0. The van der Waals surface area contributed by atoms with Gasteiger partial charge < -0.3 is 0 Å². The van der Waals surface area contributed by atoms with Gasteiger partial charge in [0.2, 0.25) is 0 Å². The van der Waals surface area contributed by atoms with Crippen LogP contribution in [0.2, 0.25) is 0 Å². The molecule has 0 nitrogen and oxygen atoms in total. The van der Waals surface area contributed by atoms with Crippen molar-refractivity contribution in [1.82, 2.24) is 0 Å². The van der Waals surface area contributed by atoms with E-state index in [2.05, 4.69) is 55.9 Å². The van der Waals surface area contributed by atoms with Gasteiger partial charge >= 0.3 is 1.98 Å². The van der Waals surface area contributed by atoms with Crippen molar-refractivity contribution in [2.24, 2.45) is 0 Å². The monoisotopic (exact) mass is 317 g/mol. The van der Waals surface area contributed by atoms with Crippen LogP contribution in [0.4, 0.5) is 0 Å². The van der Waals surface area contributed by atoms with Gasteiger partial charge in [0.1, 0.15) is 0 Å². The fourth-order valence-electron chi connectivity index (χ4n) is 0. The Bertz CT molecular complexity index is 29.0. The van der Waals surface area contributed by atoms with Crippen LogP contribution in [0.1, 0.15) is 0 Å². The lowest BCUT2D eigenvalue weighted by molar-refractivity contribution is 6.23. The Labute approximate surface area is 57.1 Å². The number of halogens is 2. The molecule has 0 saturated carbocycles. The topological polar surface area (TPSA) is 0 Å². The molecule has 0 spiro atoms. The Balaban J connectivity index is 2.80. The minimum atomic E-state index is -0.0970. The Kier molecular flexibility index (Phi) is 4.76. The predicted molar refractivity (Wildman–Crippen MR) is 42.3 cm³/mol. The molecule has 4 heavy (non-hydrogen) atoms.